The van der Waals surface area contributed by atoms with Crippen molar-refractivity contribution < 1.29 is 9.90 Å². The standard InChI is InChI=1S/C15H21NO2S/c17-15(18)11-4-1-3-10(11)9-16-13-5-2-6-14-12(13)7-8-19-14/h7-8,10-11,13,16H,1-6,9H2,(H,17,18). The third-order valence-electron chi connectivity index (χ3n) is 4.65. The average Bonchev–Trinajstić information content (AvgIpc) is 3.04. The zero-order valence-corrected chi connectivity index (χ0v) is 11.9. The number of fused-ring (bicyclic) bond motifs is 1. The molecule has 104 valence electrons. The van der Waals surface area contributed by atoms with Crippen molar-refractivity contribution in [2.45, 2.75) is 44.6 Å². The molecule has 0 aliphatic heterocycles. The number of hydrogen-bond donors (Lipinski definition) is 2. The quantitative estimate of drug-likeness (QED) is 0.889. The molecule has 1 aromatic rings. The molecule has 3 unspecified atom stereocenters. The van der Waals surface area contributed by atoms with Gasteiger partial charge in [0.2, 0.25) is 0 Å². The van der Waals surface area contributed by atoms with Crippen molar-refractivity contribution in [2.24, 2.45) is 11.8 Å². The molecule has 0 amide bonds. The Labute approximate surface area is 118 Å². The monoisotopic (exact) mass is 279 g/mol. The molecule has 2 N–H and O–H groups in total. The fraction of sp³-hybridized carbons (Fsp3) is 0.667. The lowest BCUT2D eigenvalue weighted by Crippen LogP contribution is -2.32. The molecule has 0 saturated heterocycles. The van der Waals surface area contributed by atoms with Crippen LogP contribution in [0.5, 0.6) is 0 Å². The van der Waals surface area contributed by atoms with Gasteiger partial charge in [0.15, 0.2) is 0 Å². The molecule has 19 heavy (non-hydrogen) atoms. The van der Waals surface area contributed by atoms with E-state index in [1.165, 1.54) is 29.7 Å². The normalized spacial score (nSPS) is 30.2. The zero-order chi connectivity index (χ0) is 13.2. The highest BCUT2D eigenvalue weighted by atomic mass is 32.1. The van der Waals surface area contributed by atoms with E-state index in [9.17, 15) is 9.90 Å². The predicted molar refractivity (Wildman–Crippen MR) is 76.5 cm³/mol. The Bertz CT molecular complexity index is 457. The molecule has 3 rings (SSSR count). The minimum Gasteiger partial charge on any atom is -0.481 e. The zero-order valence-electron chi connectivity index (χ0n) is 11.1. The van der Waals surface area contributed by atoms with Crippen molar-refractivity contribution >= 4 is 17.3 Å². The first-order chi connectivity index (χ1) is 9.25. The molecule has 1 aromatic heterocycles. The summed E-state index contributed by atoms with van der Waals surface area (Å²) in [4.78, 5) is 12.7. The highest BCUT2D eigenvalue weighted by molar-refractivity contribution is 7.10. The summed E-state index contributed by atoms with van der Waals surface area (Å²) < 4.78 is 0. The van der Waals surface area contributed by atoms with Gasteiger partial charge in [0.1, 0.15) is 0 Å². The summed E-state index contributed by atoms with van der Waals surface area (Å²) in [6.45, 7) is 0.858. The van der Waals surface area contributed by atoms with Gasteiger partial charge in [-0.15, -0.1) is 11.3 Å². The van der Waals surface area contributed by atoms with E-state index in [0.717, 1.165) is 25.8 Å². The Kier molecular flexibility index (Phi) is 3.89. The first kappa shape index (κ1) is 13.1. The van der Waals surface area contributed by atoms with Crippen molar-refractivity contribution in [2.75, 3.05) is 6.54 Å². The molecule has 4 heteroatoms. The molecule has 3 nitrogen and oxygen atoms in total. The highest BCUT2D eigenvalue weighted by Crippen LogP contribution is 2.35. The summed E-state index contributed by atoms with van der Waals surface area (Å²) >= 11 is 1.86. The Morgan fingerprint density at radius 1 is 1.37 bits per heavy atom. The molecule has 1 heterocycles. The first-order valence-corrected chi connectivity index (χ1v) is 8.16. The number of aliphatic carboxylic acids is 1. The van der Waals surface area contributed by atoms with Crippen molar-refractivity contribution in [1.29, 1.82) is 0 Å². The van der Waals surface area contributed by atoms with Gasteiger partial charge in [0, 0.05) is 10.9 Å². The molecule has 2 aliphatic rings. The summed E-state index contributed by atoms with van der Waals surface area (Å²) in [5.41, 5.74) is 1.46. The van der Waals surface area contributed by atoms with Crippen molar-refractivity contribution in [3.05, 3.63) is 21.9 Å². The number of carboxylic acid groups (broad SMARTS) is 1. The predicted octanol–water partition coefficient (Wildman–Crippen LogP) is 3.22. The average molecular weight is 279 g/mol. The van der Waals surface area contributed by atoms with E-state index in [1.807, 2.05) is 11.3 Å². The molecule has 0 radical (unpaired) electrons. The van der Waals surface area contributed by atoms with E-state index in [0.29, 0.717) is 12.0 Å². The van der Waals surface area contributed by atoms with Crippen LogP contribution in [-0.2, 0) is 11.2 Å². The smallest absolute Gasteiger partial charge is 0.306 e. The lowest BCUT2D eigenvalue weighted by atomic mass is 9.92. The SMILES string of the molecule is O=C(O)C1CCCC1CNC1CCCc2sccc21. The second-order valence-corrected chi connectivity index (χ2v) is 6.79. The third-order valence-corrected chi connectivity index (χ3v) is 5.65. The largest absolute Gasteiger partial charge is 0.481 e. The van der Waals surface area contributed by atoms with E-state index in [2.05, 4.69) is 16.8 Å². The summed E-state index contributed by atoms with van der Waals surface area (Å²) in [5.74, 6) is -0.413. The Morgan fingerprint density at radius 2 is 2.26 bits per heavy atom. The second kappa shape index (κ2) is 5.63. The fourth-order valence-electron chi connectivity index (χ4n) is 3.60. The number of rotatable bonds is 4. The van der Waals surface area contributed by atoms with Crippen molar-refractivity contribution in [3.63, 3.8) is 0 Å². The van der Waals surface area contributed by atoms with E-state index in [-0.39, 0.29) is 5.92 Å². The Morgan fingerprint density at radius 3 is 3.11 bits per heavy atom. The van der Waals surface area contributed by atoms with E-state index in [4.69, 9.17) is 0 Å². The van der Waals surface area contributed by atoms with Crippen LogP contribution in [0.15, 0.2) is 11.4 Å². The number of aryl methyl sites for hydroxylation is 1. The lowest BCUT2D eigenvalue weighted by Gasteiger charge is -2.26. The van der Waals surface area contributed by atoms with E-state index in [1.54, 1.807) is 0 Å². The second-order valence-electron chi connectivity index (χ2n) is 5.79. The molecule has 1 fully saturated rings. The van der Waals surface area contributed by atoms with Gasteiger partial charge in [-0.3, -0.25) is 4.79 Å². The van der Waals surface area contributed by atoms with Crippen molar-refractivity contribution in [1.82, 2.24) is 5.32 Å². The fourth-order valence-corrected chi connectivity index (χ4v) is 4.59. The van der Waals surface area contributed by atoms with Gasteiger partial charge >= 0.3 is 5.97 Å². The van der Waals surface area contributed by atoms with Crippen molar-refractivity contribution in [3.8, 4) is 0 Å². The number of carboxylic acids is 1. The summed E-state index contributed by atoms with van der Waals surface area (Å²) in [5, 5.41) is 15.0. The maximum absolute atomic E-state index is 11.2. The maximum atomic E-state index is 11.2. The lowest BCUT2D eigenvalue weighted by molar-refractivity contribution is -0.142. The molecule has 0 aromatic carbocycles. The first-order valence-electron chi connectivity index (χ1n) is 7.28. The van der Waals surface area contributed by atoms with Crippen LogP contribution in [0.1, 0.15) is 48.6 Å². The Hall–Kier alpha value is -0.870. The van der Waals surface area contributed by atoms with Gasteiger partial charge in [-0.25, -0.2) is 0 Å². The van der Waals surface area contributed by atoms with Crippen LogP contribution in [-0.4, -0.2) is 17.6 Å². The number of thiophene rings is 1. The van der Waals surface area contributed by atoms with Gasteiger partial charge in [0.05, 0.1) is 5.92 Å². The molecule has 3 atom stereocenters. The molecule has 0 spiro atoms. The van der Waals surface area contributed by atoms with Gasteiger partial charge in [-0.05, 0) is 61.6 Å². The van der Waals surface area contributed by atoms with Gasteiger partial charge in [0.25, 0.3) is 0 Å². The van der Waals surface area contributed by atoms with Gasteiger partial charge < -0.3 is 10.4 Å². The van der Waals surface area contributed by atoms with Gasteiger partial charge in [-0.2, -0.15) is 0 Å². The number of carbonyl (C=O) groups is 1. The van der Waals surface area contributed by atoms with Crippen LogP contribution in [0.25, 0.3) is 0 Å². The van der Waals surface area contributed by atoms with Crippen LogP contribution in [0.3, 0.4) is 0 Å². The summed E-state index contributed by atoms with van der Waals surface area (Å²) in [6.07, 6.45) is 6.64. The number of nitrogens with one attached hydrogen (secondary N) is 1. The number of hydrogen-bond acceptors (Lipinski definition) is 3. The van der Waals surface area contributed by atoms with E-state index < -0.39 is 5.97 Å². The minimum atomic E-state index is -0.607. The molecular weight excluding hydrogens is 258 g/mol. The maximum Gasteiger partial charge on any atom is 0.306 e. The molecule has 1 saturated carbocycles. The van der Waals surface area contributed by atoms with Crippen LogP contribution in [0, 0.1) is 11.8 Å². The van der Waals surface area contributed by atoms with Crippen LogP contribution in [0.2, 0.25) is 0 Å². The van der Waals surface area contributed by atoms with E-state index >= 15 is 0 Å². The summed E-state index contributed by atoms with van der Waals surface area (Å²) in [6, 6.07) is 2.69. The minimum absolute atomic E-state index is 0.127. The van der Waals surface area contributed by atoms with Gasteiger partial charge in [-0.1, -0.05) is 6.42 Å². The van der Waals surface area contributed by atoms with Crippen LogP contribution < -0.4 is 5.32 Å². The Balaban J connectivity index is 1.60. The molecule has 0 bridgehead atoms. The molecular formula is C15H21NO2S. The third kappa shape index (κ3) is 2.70. The highest BCUT2D eigenvalue weighted by Gasteiger charge is 2.33. The van der Waals surface area contributed by atoms with Crippen LogP contribution >= 0.6 is 11.3 Å². The molecule has 2 aliphatic carbocycles. The summed E-state index contributed by atoms with van der Waals surface area (Å²) in [7, 11) is 0. The van der Waals surface area contributed by atoms with Crippen LogP contribution in [0.4, 0.5) is 0 Å². The topological polar surface area (TPSA) is 49.3 Å².